The molecule has 0 atom stereocenters. The molecule has 0 radical (unpaired) electrons. The fourth-order valence-electron chi connectivity index (χ4n) is 3.03. The van der Waals surface area contributed by atoms with E-state index in [0.717, 1.165) is 0 Å². The van der Waals surface area contributed by atoms with Gasteiger partial charge in [-0.25, -0.2) is 9.18 Å². The number of carbonyl (C=O) groups is 2. The first-order valence-corrected chi connectivity index (χ1v) is 9.55. The molecule has 8 nitrogen and oxygen atoms in total. The maximum atomic E-state index is 13.9. The van der Waals surface area contributed by atoms with E-state index in [4.69, 9.17) is 0 Å². The van der Waals surface area contributed by atoms with Gasteiger partial charge in [-0.05, 0) is 48.9 Å². The number of H-pyrrole nitrogens is 1. The van der Waals surface area contributed by atoms with Crippen molar-refractivity contribution in [2.24, 2.45) is 0 Å². The van der Waals surface area contributed by atoms with E-state index in [1.807, 2.05) is 0 Å². The van der Waals surface area contributed by atoms with Gasteiger partial charge in [-0.2, -0.15) is 0 Å². The molecule has 4 rings (SSSR count). The lowest BCUT2D eigenvalue weighted by Crippen LogP contribution is -2.16. The molecule has 1 aromatic heterocycles. The summed E-state index contributed by atoms with van der Waals surface area (Å²) in [6.45, 7) is 1.76. The molecule has 0 bridgehead atoms. The predicted octanol–water partition coefficient (Wildman–Crippen LogP) is 3.98. The van der Waals surface area contributed by atoms with Crippen LogP contribution in [0.25, 0.3) is 11.4 Å². The van der Waals surface area contributed by atoms with Crippen molar-refractivity contribution in [3.63, 3.8) is 0 Å². The zero-order valence-electron chi connectivity index (χ0n) is 16.8. The number of carbonyl (C=O) groups excluding carboxylic acids is 2. The molecule has 0 aliphatic carbocycles. The Labute approximate surface area is 181 Å². The van der Waals surface area contributed by atoms with Crippen LogP contribution in [-0.4, -0.2) is 22.0 Å². The molecule has 0 aliphatic rings. The molecule has 0 saturated heterocycles. The summed E-state index contributed by atoms with van der Waals surface area (Å²) in [6.07, 6.45) is 0. The van der Waals surface area contributed by atoms with Crippen LogP contribution >= 0.6 is 0 Å². The summed E-state index contributed by atoms with van der Waals surface area (Å²) in [6, 6.07) is 17.1. The van der Waals surface area contributed by atoms with Crippen LogP contribution in [0.5, 0.6) is 0 Å². The van der Waals surface area contributed by atoms with Crippen LogP contribution in [0.1, 0.15) is 26.3 Å². The van der Waals surface area contributed by atoms with Gasteiger partial charge in [0, 0.05) is 22.5 Å². The van der Waals surface area contributed by atoms with Crippen molar-refractivity contribution in [2.75, 3.05) is 10.6 Å². The average molecular weight is 432 g/mol. The number of anilines is 2. The van der Waals surface area contributed by atoms with Gasteiger partial charge in [0.1, 0.15) is 5.82 Å². The van der Waals surface area contributed by atoms with Crippen molar-refractivity contribution in [3.8, 4) is 11.4 Å². The van der Waals surface area contributed by atoms with Crippen molar-refractivity contribution >= 4 is 23.2 Å². The molecule has 0 aliphatic heterocycles. The second-order valence-corrected chi connectivity index (χ2v) is 6.94. The molecule has 160 valence electrons. The first-order valence-electron chi connectivity index (χ1n) is 9.55. The second kappa shape index (κ2) is 8.68. The van der Waals surface area contributed by atoms with Crippen LogP contribution in [0, 0.1) is 12.7 Å². The monoisotopic (exact) mass is 432 g/mol. The number of amides is 2. The Balaban J connectivity index is 1.53. The molecule has 9 heteroatoms. The Morgan fingerprint density at radius 3 is 2.53 bits per heavy atom. The summed E-state index contributed by atoms with van der Waals surface area (Å²) in [4.78, 5) is 38.8. The standard InChI is InChI=1S/C23H17FN4O4/c1-13-9-10-15(12-19(13)26-22(30)17-7-2-3-8-18(17)24)21(29)25-16-6-4-5-14(11-16)20-27-23(31)32-28-20/h2-12H,1H3,(H,25,29)(H,26,30)(H,27,28,31). The van der Waals surface area contributed by atoms with Crippen LogP contribution in [-0.2, 0) is 0 Å². The highest BCUT2D eigenvalue weighted by atomic mass is 19.1. The fourth-order valence-corrected chi connectivity index (χ4v) is 3.03. The third-order valence-corrected chi connectivity index (χ3v) is 4.70. The van der Waals surface area contributed by atoms with E-state index < -0.39 is 23.4 Å². The minimum atomic E-state index is -0.681. The summed E-state index contributed by atoms with van der Waals surface area (Å²) < 4.78 is 18.4. The number of aromatic amines is 1. The number of nitrogens with one attached hydrogen (secondary N) is 3. The number of aryl methyl sites for hydroxylation is 1. The highest BCUT2D eigenvalue weighted by Gasteiger charge is 2.15. The minimum absolute atomic E-state index is 0.0931. The largest absolute Gasteiger partial charge is 0.439 e. The molecule has 0 spiro atoms. The van der Waals surface area contributed by atoms with Crippen LogP contribution in [0.4, 0.5) is 15.8 Å². The normalized spacial score (nSPS) is 10.6. The number of halogens is 1. The molecule has 0 saturated carbocycles. The average Bonchev–Trinajstić information content (AvgIpc) is 3.22. The summed E-state index contributed by atoms with van der Waals surface area (Å²) >= 11 is 0. The van der Waals surface area contributed by atoms with Gasteiger partial charge in [0.25, 0.3) is 11.8 Å². The quantitative estimate of drug-likeness (QED) is 0.441. The van der Waals surface area contributed by atoms with E-state index in [0.29, 0.717) is 28.1 Å². The van der Waals surface area contributed by atoms with Crippen LogP contribution < -0.4 is 16.4 Å². The lowest BCUT2D eigenvalue weighted by atomic mass is 10.1. The van der Waals surface area contributed by atoms with Crippen molar-refractivity contribution in [2.45, 2.75) is 6.92 Å². The maximum absolute atomic E-state index is 13.9. The Morgan fingerprint density at radius 2 is 1.78 bits per heavy atom. The van der Waals surface area contributed by atoms with E-state index >= 15 is 0 Å². The molecule has 2 amide bonds. The van der Waals surface area contributed by atoms with Gasteiger partial charge in [0.15, 0.2) is 5.82 Å². The first-order chi connectivity index (χ1) is 15.4. The van der Waals surface area contributed by atoms with Gasteiger partial charge in [-0.1, -0.05) is 35.5 Å². The van der Waals surface area contributed by atoms with E-state index in [-0.39, 0.29) is 11.4 Å². The van der Waals surface area contributed by atoms with Gasteiger partial charge in [0.05, 0.1) is 5.56 Å². The summed E-state index contributed by atoms with van der Waals surface area (Å²) in [7, 11) is 0. The van der Waals surface area contributed by atoms with Crippen molar-refractivity contribution < 1.29 is 18.5 Å². The topological polar surface area (TPSA) is 117 Å². The first kappa shape index (κ1) is 20.7. The number of aromatic nitrogens is 2. The lowest BCUT2D eigenvalue weighted by molar-refractivity contribution is 0.101. The third-order valence-electron chi connectivity index (χ3n) is 4.70. The second-order valence-electron chi connectivity index (χ2n) is 6.94. The smallest absolute Gasteiger partial charge is 0.322 e. The Kier molecular flexibility index (Phi) is 5.63. The zero-order valence-corrected chi connectivity index (χ0v) is 16.8. The van der Waals surface area contributed by atoms with Gasteiger partial charge < -0.3 is 10.6 Å². The molecule has 0 unspecified atom stereocenters. The minimum Gasteiger partial charge on any atom is -0.322 e. The van der Waals surface area contributed by atoms with Gasteiger partial charge in [0.2, 0.25) is 0 Å². The molecule has 0 fully saturated rings. The third kappa shape index (κ3) is 4.46. The van der Waals surface area contributed by atoms with Gasteiger partial charge in [-0.15, -0.1) is 0 Å². The SMILES string of the molecule is Cc1ccc(C(=O)Nc2cccc(-c3noc(=O)[nH]3)c2)cc1NC(=O)c1ccccc1F. The maximum Gasteiger partial charge on any atom is 0.439 e. The molecular weight excluding hydrogens is 415 g/mol. The van der Waals surface area contributed by atoms with E-state index in [2.05, 4.69) is 25.3 Å². The van der Waals surface area contributed by atoms with Gasteiger partial charge in [-0.3, -0.25) is 19.1 Å². The molecule has 32 heavy (non-hydrogen) atoms. The summed E-state index contributed by atoms with van der Waals surface area (Å²) in [5.74, 6) is -2.11. The number of hydrogen-bond acceptors (Lipinski definition) is 5. The highest BCUT2D eigenvalue weighted by Crippen LogP contribution is 2.22. The Hall–Kier alpha value is -4.53. The predicted molar refractivity (Wildman–Crippen MR) is 116 cm³/mol. The summed E-state index contributed by atoms with van der Waals surface area (Å²) in [5.41, 5.74) is 2.32. The van der Waals surface area contributed by atoms with Crippen LogP contribution in [0.2, 0.25) is 0 Å². The Morgan fingerprint density at radius 1 is 0.969 bits per heavy atom. The van der Waals surface area contributed by atoms with Gasteiger partial charge >= 0.3 is 5.76 Å². The lowest BCUT2D eigenvalue weighted by Gasteiger charge is -2.12. The molecule has 4 aromatic rings. The number of hydrogen-bond donors (Lipinski definition) is 3. The number of benzene rings is 3. The van der Waals surface area contributed by atoms with Crippen LogP contribution in [0.15, 0.2) is 76.0 Å². The molecule has 1 heterocycles. The van der Waals surface area contributed by atoms with Crippen molar-refractivity contribution in [3.05, 3.63) is 99.8 Å². The van der Waals surface area contributed by atoms with Crippen LogP contribution in [0.3, 0.4) is 0 Å². The van der Waals surface area contributed by atoms with E-state index in [1.165, 1.54) is 24.3 Å². The molecule has 3 aromatic carbocycles. The van der Waals surface area contributed by atoms with Crippen molar-refractivity contribution in [1.82, 2.24) is 10.1 Å². The molecular formula is C23H17FN4O4. The molecule has 3 N–H and O–H groups in total. The highest BCUT2D eigenvalue weighted by molar-refractivity contribution is 6.08. The number of nitrogens with zero attached hydrogens (tertiary/aromatic N) is 1. The van der Waals surface area contributed by atoms with E-state index in [1.54, 1.807) is 49.4 Å². The summed E-state index contributed by atoms with van der Waals surface area (Å²) in [5, 5.41) is 9.02. The zero-order chi connectivity index (χ0) is 22.7. The van der Waals surface area contributed by atoms with E-state index in [9.17, 15) is 18.8 Å². The number of rotatable bonds is 5. The Bertz CT molecular complexity index is 1380. The fraction of sp³-hybridized carbons (Fsp3) is 0.0435. The van der Waals surface area contributed by atoms with Crippen molar-refractivity contribution in [1.29, 1.82) is 0 Å².